The normalized spacial score (nSPS) is 17.7. The number of aromatic nitrogens is 4. The van der Waals surface area contributed by atoms with Gasteiger partial charge in [-0.15, -0.1) is 0 Å². The summed E-state index contributed by atoms with van der Waals surface area (Å²) in [4.78, 5) is 8.64. The molecule has 1 unspecified atom stereocenters. The summed E-state index contributed by atoms with van der Waals surface area (Å²) in [6.07, 6.45) is 1.81. The van der Waals surface area contributed by atoms with Crippen molar-refractivity contribution in [1.29, 1.82) is 0 Å². The first-order valence-electron chi connectivity index (χ1n) is 11.7. The van der Waals surface area contributed by atoms with Gasteiger partial charge in [0.2, 0.25) is 0 Å². The van der Waals surface area contributed by atoms with Crippen molar-refractivity contribution in [2.45, 2.75) is 6.04 Å². The molecule has 2 aliphatic heterocycles. The molecule has 8 nitrogen and oxygen atoms in total. The van der Waals surface area contributed by atoms with E-state index in [0.29, 0.717) is 18.3 Å². The van der Waals surface area contributed by atoms with Crippen LogP contribution >= 0.6 is 0 Å². The highest BCUT2D eigenvalue weighted by Crippen LogP contribution is 2.42. The van der Waals surface area contributed by atoms with Crippen LogP contribution in [0.4, 0.5) is 11.4 Å². The van der Waals surface area contributed by atoms with Crippen LogP contribution in [0.15, 0.2) is 54.7 Å². The van der Waals surface area contributed by atoms with Gasteiger partial charge < -0.3 is 14.5 Å². The van der Waals surface area contributed by atoms with Crippen LogP contribution in [0.1, 0.15) is 0 Å². The zero-order valence-electron chi connectivity index (χ0n) is 19.2. The second kappa shape index (κ2) is 7.58. The number of likely N-dealkylation sites (N-methyl/N-ethyl adjacent to an activating group) is 1. The fraction of sp³-hybridized carbons (Fsp3) is 0.222. The molecule has 172 valence electrons. The van der Waals surface area contributed by atoms with E-state index < -0.39 is 0 Å². The zero-order valence-corrected chi connectivity index (χ0v) is 19.2. The maximum Gasteiger partial charge on any atom is 0.197 e. The van der Waals surface area contributed by atoms with Crippen LogP contribution in [0.25, 0.3) is 49.0 Å². The minimum Gasteiger partial charge on any atom is -0.489 e. The van der Waals surface area contributed by atoms with Gasteiger partial charge in [0.25, 0.3) is 0 Å². The van der Waals surface area contributed by atoms with E-state index in [1.807, 2.05) is 30.5 Å². The largest absolute Gasteiger partial charge is 0.489 e. The molecular formula is C27H23N7O. The van der Waals surface area contributed by atoms with Gasteiger partial charge in [0.05, 0.1) is 41.2 Å². The summed E-state index contributed by atoms with van der Waals surface area (Å²) < 4.78 is 6.20. The summed E-state index contributed by atoms with van der Waals surface area (Å²) in [5.41, 5.74) is 7.21. The molecule has 0 amide bonds. The lowest BCUT2D eigenvalue weighted by Crippen LogP contribution is -2.56. The third kappa shape index (κ3) is 3.09. The summed E-state index contributed by atoms with van der Waals surface area (Å²) >= 11 is 0. The molecular weight excluding hydrogens is 438 g/mol. The predicted octanol–water partition coefficient (Wildman–Crippen LogP) is 4.84. The van der Waals surface area contributed by atoms with Gasteiger partial charge in [-0.3, -0.25) is 10.2 Å². The van der Waals surface area contributed by atoms with Gasteiger partial charge in [0.15, 0.2) is 5.69 Å². The summed E-state index contributed by atoms with van der Waals surface area (Å²) in [6.45, 7) is 11.5. The lowest BCUT2D eigenvalue weighted by atomic mass is 9.97. The van der Waals surface area contributed by atoms with Crippen LogP contribution in [0, 0.1) is 6.57 Å². The van der Waals surface area contributed by atoms with E-state index in [0.717, 1.165) is 75.3 Å². The Balaban J connectivity index is 1.35. The zero-order chi connectivity index (χ0) is 23.5. The van der Waals surface area contributed by atoms with Crippen molar-refractivity contribution < 1.29 is 4.74 Å². The van der Waals surface area contributed by atoms with Crippen LogP contribution in [0.5, 0.6) is 5.75 Å². The molecule has 1 fully saturated rings. The van der Waals surface area contributed by atoms with E-state index in [9.17, 15) is 0 Å². The van der Waals surface area contributed by atoms with Crippen molar-refractivity contribution in [3.63, 3.8) is 0 Å². The number of benzene rings is 3. The highest BCUT2D eigenvalue weighted by atomic mass is 16.5. The maximum atomic E-state index is 7.79. The van der Waals surface area contributed by atoms with Gasteiger partial charge >= 0.3 is 0 Å². The maximum absolute atomic E-state index is 7.79. The molecule has 2 aliphatic rings. The fourth-order valence-corrected chi connectivity index (χ4v) is 5.46. The van der Waals surface area contributed by atoms with Gasteiger partial charge in [0, 0.05) is 36.0 Å². The minimum absolute atomic E-state index is 0.388. The van der Waals surface area contributed by atoms with E-state index in [1.165, 1.54) is 0 Å². The molecule has 1 atom stereocenters. The molecule has 3 aromatic carbocycles. The average molecular weight is 462 g/mol. The van der Waals surface area contributed by atoms with Crippen LogP contribution in [-0.4, -0.2) is 64.6 Å². The quantitative estimate of drug-likeness (QED) is 0.368. The standard InChI is InChI=1S/C27H23N7O/c1-28-23-12-24-20(11-19(23)18-4-3-5-22-21(18)13-29-30-22)27(32-31-24)16-6-7-25-26(10-16)35-15-17-14-33(2)8-9-34(17)25/h3-7,10-13,17H,8-9,14-15H2,2H3,(H,29,30)(H,31,32). The van der Waals surface area contributed by atoms with Crippen LogP contribution in [0.3, 0.4) is 0 Å². The second-order valence-electron chi connectivity index (χ2n) is 9.34. The van der Waals surface area contributed by atoms with Gasteiger partial charge in [0.1, 0.15) is 12.4 Å². The molecule has 0 spiro atoms. The third-order valence-electron chi connectivity index (χ3n) is 7.23. The monoisotopic (exact) mass is 461 g/mol. The Hall–Kier alpha value is -4.35. The first-order valence-corrected chi connectivity index (χ1v) is 11.7. The van der Waals surface area contributed by atoms with E-state index in [2.05, 4.69) is 66.4 Å². The van der Waals surface area contributed by atoms with Crippen LogP contribution < -0.4 is 9.64 Å². The molecule has 2 N–H and O–H groups in total. The molecule has 1 saturated heterocycles. The van der Waals surface area contributed by atoms with Crippen LogP contribution in [-0.2, 0) is 0 Å². The molecule has 8 heteroatoms. The summed E-state index contributed by atoms with van der Waals surface area (Å²) in [5.74, 6) is 0.903. The molecule has 2 aromatic heterocycles. The lowest BCUT2D eigenvalue weighted by Gasteiger charge is -2.44. The molecule has 0 aliphatic carbocycles. The van der Waals surface area contributed by atoms with Crippen molar-refractivity contribution in [3.05, 3.63) is 66.1 Å². The number of piperazine rings is 1. The number of hydrogen-bond donors (Lipinski definition) is 2. The minimum atomic E-state index is 0.388. The Bertz CT molecular complexity index is 1640. The average Bonchev–Trinajstić information content (AvgIpc) is 3.54. The first-order chi connectivity index (χ1) is 17.2. The highest BCUT2D eigenvalue weighted by Gasteiger charge is 2.32. The molecule has 0 radical (unpaired) electrons. The molecule has 0 saturated carbocycles. The molecule has 7 rings (SSSR count). The van der Waals surface area contributed by atoms with Crippen molar-refractivity contribution >= 4 is 33.2 Å². The third-order valence-corrected chi connectivity index (χ3v) is 7.23. The Morgan fingerprint density at radius 1 is 1.03 bits per heavy atom. The molecule has 0 bridgehead atoms. The number of ether oxygens (including phenoxy) is 1. The topological polar surface area (TPSA) is 77.4 Å². The number of nitrogens with one attached hydrogen (secondary N) is 2. The highest BCUT2D eigenvalue weighted by molar-refractivity contribution is 6.04. The molecule has 4 heterocycles. The molecule has 35 heavy (non-hydrogen) atoms. The summed E-state index contributed by atoms with van der Waals surface area (Å²) in [5, 5.41) is 17.0. The van der Waals surface area contributed by atoms with Crippen molar-refractivity contribution in [2.24, 2.45) is 0 Å². The van der Waals surface area contributed by atoms with Crippen molar-refractivity contribution in [3.8, 4) is 28.1 Å². The van der Waals surface area contributed by atoms with Crippen molar-refractivity contribution in [2.75, 3.05) is 38.2 Å². The van der Waals surface area contributed by atoms with Gasteiger partial charge in [-0.05, 0) is 42.4 Å². The Kier molecular flexibility index (Phi) is 4.35. The van der Waals surface area contributed by atoms with E-state index >= 15 is 0 Å². The Morgan fingerprint density at radius 3 is 2.89 bits per heavy atom. The summed E-state index contributed by atoms with van der Waals surface area (Å²) in [6, 6.07) is 16.7. The van der Waals surface area contributed by atoms with Crippen molar-refractivity contribution in [1.82, 2.24) is 25.3 Å². The second-order valence-corrected chi connectivity index (χ2v) is 9.34. The van der Waals surface area contributed by atoms with E-state index in [4.69, 9.17) is 11.3 Å². The van der Waals surface area contributed by atoms with Gasteiger partial charge in [-0.25, -0.2) is 4.85 Å². The van der Waals surface area contributed by atoms with E-state index in [1.54, 1.807) is 0 Å². The summed E-state index contributed by atoms with van der Waals surface area (Å²) in [7, 11) is 2.17. The van der Waals surface area contributed by atoms with Gasteiger partial charge in [-0.2, -0.15) is 10.2 Å². The number of H-pyrrole nitrogens is 2. The first kappa shape index (κ1) is 20.1. The number of aromatic amines is 2. The smallest absolute Gasteiger partial charge is 0.197 e. The fourth-order valence-electron chi connectivity index (χ4n) is 5.46. The number of hydrogen-bond acceptors (Lipinski definition) is 5. The lowest BCUT2D eigenvalue weighted by molar-refractivity contribution is 0.188. The Morgan fingerprint density at radius 2 is 1.97 bits per heavy atom. The van der Waals surface area contributed by atoms with Crippen LogP contribution in [0.2, 0.25) is 0 Å². The van der Waals surface area contributed by atoms with E-state index in [-0.39, 0.29) is 0 Å². The van der Waals surface area contributed by atoms with Gasteiger partial charge in [-0.1, -0.05) is 24.3 Å². The number of nitrogens with zero attached hydrogens (tertiary/aromatic N) is 5. The number of anilines is 1. The SMILES string of the molecule is [C-]#[N+]c1cc2[nH]nc(-c3ccc4c(c3)OCC3CN(C)CCN43)c2cc1-c1cccc2[nH]ncc12. The predicted molar refractivity (Wildman–Crippen MR) is 137 cm³/mol. The molecule has 5 aromatic rings. The number of rotatable bonds is 2. The number of fused-ring (bicyclic) bond motifs is 5. The Labute approximate surface area is 201 Å².